The van der Waals surface area contributed by atoms with Gasteiger partial charge in [0.1, 0.15) is 0 Å². The fraction of sp³-hybridized carbons (Fsp3) is 0.333. The third-order valence-electron chi connectivity index (χ3n) is 1.99. The van der Waals surface area contributed by atoms with Crippen LogP contribution in [0.15, 0.2) is 18.5 Å². The van der Waals surface area contributed by atoms with Crippen LogP contribution in [0, 0.1) is 0 Å². The molecule has 0 aromatic carbocycles. The highest BCUT2D eigenvalue weighted by Gasteiger charge is 2.04. The van der Waals surface area contributed by atoms with E-state index >= 15 is 0 Å². The molecule has 14 heavy (non-hydrogen) atoms. The number of aromatic nitrogens is 3. The second kappa shape index (κ2) is 4.15. The second-order valence-corrected chi connectivity index (χ2v) is 3.72. The van der Waals surface area contributed by atoms with E-state index < -0.39 is 0 Å². The Balaban J connectivity index is 2.38. The molecule has 2 rings (SSSR count). The summed E-state index contributed by atoms with van der Waals surface area (Å²) in [6, 6.07) is 1.95. The number of nitrogens with zero attached hydrogens (tertiary/aromatic N) is 3. The normalized spacial score (nSPS) is 11.0. The zero-order chi connectivity index (χ0) is 9.97. The first-order chi connectivity index (χ1) is 6.81. The highest BCUT2D eigenvalue weighted by molar-refractivity contribution is 6.30. The highest BCUT2D eigenvalue weighted by atomic mass is 35.5. The number of fused-ring (bicyclic) bond motifs is 1. The lowest BCUT2D eigenvalue weighted by Gasteiger charge is -2.02. The quantitative estimate of drug-likeness (QED) is 0.758. The van der Waals surface area contributed by atoms with Crippen LogP contribution in [0.1, 0.15) is 12.0 Å². The van der Waals surface area contributed by atoms with E-state index in [0.717, 1.165) is 24.1 Å². The summed E-state index contributed by atoms with van der Waals surface area (Å²) in [4.78, 5) is 4.14. The summed E-state index contributed by atoms with van der Waals surface area (Å²) in [7, 11) is 0. The monoisotopic (exact) mass is 229 g/mol. The molecule has 0 aliphatic rings. The lowest BCUT2D eigenvalue weighted by Crippen LogP contribution is -1.97. The summed E-state index contributed by atoms with van der Waals surface area (Å²) in [5, 5.41) is 4.69. The molecule has 0 atom stereocenters. The molecule has 2 heterocycles. The maximum atomic E-state index is 5.99. The molecule has 0 aliphatic heterocycles. The predicted octanol–water partition coefficient (Wildman–Crippen LogP) is 2.55. The van der Waals surface area contributed by atoms with Crippen molar-refractivity contribution in [2.45, 2.75) is 12.8 Å². The van der Waals surface area contributed by atoms with E-state index in [-0.39, 0.29) is 0 Å². The SMILES string of the molecule is ClCCCc1cc2nccn2nc1Cl. The van der Waals surface area contributed by atoms with Crippen molar-refractivity contribution in [3.05, 3.63) is 29.2 Å². The first kappa shape index (κ1) is 9.74. The standard InChI is InChI=1S/C9H9Cl2N3/c10-3-1-2-7-6-8-12-4-5-14(8)13-9(7)11/h4-6H,1-3H2. The third kappa shape index (κ3) is 1.83. The molecule has 0 amide bonds. The van der Waals surface area contributed by atoms with Crippen molar-refractivity contribution >= 4 is 28.8 Å². The number of aryl methyl sites for hydroxylation is 1. The molecule has 0 saturated heterocycles. The van der Waals surface area contributed by atoms with Gasteiger partial charge in [-0.3, -0.25) is 0 Å². The van der Waals surface area contributed by atoms with Gasteiger partial charge in [-0.25, -0.2) is 9.50 Å². The van der Waals surface area contributed by atoms with E-state index in [4.69, 9.17) is 23.2 Å². The zero-order valence-electron chi connectivity index (χ0n) is 7.45. The van der Waals surface area contributed by atoms with Crippen LogP contribution < -0.4 is 0 Å². The van der Waals surface area contributed by atoms with Crippen molar-refractivity contribution in [2.75, 3.05) is 5.88 Å². The molecule has 5 heteroatoms. The Labute approximate surface area is 91.7 Å². The molecule has 0 unspecified atom stereocenters. The smallest absolute Gasteiger partial charge is 0.153 e. The Morgan fingerprint density at radius 1 is 1.43 bits per heavy atom. The maximum Gasteiger partial charge on any atom is 0.153 e. The molecule has 74 valence electrons. The molecule has 2 aromatic heterocycles. The van der Waals surface area contributed by atoms with Crippen LogP contribution in [0.3, 0.4) is 0 Å². The Bertz CT molecular complexity index is 439. The fourth-order valence-electron chi connectivity index (χ4n) is 1.30. The van der Waals surface area contributed by atoms with Gasteiger partial charge >= 0.3 is 0 Å². The lowest BCUT2D eigenvalue weighted by molar-refractivity contribution is 0.874. The fourth-order valence-corrected chi connectivity index (χ4v) is 1.67. The highest BCUT2D eigenvalue weighted by Crippen LogP contribution is 2.16. The number of halogens is 2. The van der Waals surface area contributed by atoms with Crippen molar-refractivity contribution in [1.29, 1.82) is 0 Å². The Hall–Kier alpha value is -0.800. The summed E-state index contributed by atoms with van der Waals surface area (Å²) in [5.74, 6) is 0.635. The van der Waals surface area contributed by atoms with Crippen LogP contribution in [0.5, 0.6) is 0 Å². The molecule has 0 bridgehead atoms. The van der Waals surface area contributed by atoms with E-state index in [9.17, 15) is 0 Å². The van der Waals surface area contributed by atoms with Crippen LogP contribution in [0.25, 0.3) is 5.65 Å². The zero-order valence-corrected chi connectivity index (χ0v) is 8.96. The molecule has 0 spiro atoms. The van der Waals surface area contributed by atoms with Gasteiger partial charge < -0.3 is 0 Å². The molecule has 2 aromatic rings. The van der Waals surface area contributed by atoms with Crippen LogP contribution in [-0.2, 0) is 6.42 Å². The van der Waals surface area contributed by atoms with Crippen molar-refractivity contribution in [1.82, 2.24) is 14.6 Å². The summed E-state index contributed by atoms with van der Waals surface area (Å²) >= 11 is 11.6. The summed E-state index contributed by atoms with van der Waals surface area (Å²) in [5.41, 5.74) is 1.82. The van der Waals surface area contributed by atoms with Gasteiger partial charge in [-0.2, -0.15) is 5.10 Å². The van der Waals surface area contributed by atoms with E-state index in [1.807, 2.05) is 6.07 Å². The maximum absolute atomic E-state index is 5.99. The second-order valence-electron chi connectivity index (χ2n) is 2.98. The number of rotatable bonds is 3. The van der Waals surface area contributed by atoms with Crippen LogP contribution >= 0.6 is 23.2 Å². The first-order valence-corrected chi connectivity index (χ1v) is 5.27. The van der Waals surface area contributed by atoms with Crippen LogP contribution in [0.4, 0.5) is 0 Å². The van der Waals surface area contributed by atoms with E-state index in [1.165, 1.54) is 0 Å². The molecule has 0 saturated carbocycles. The number of hydrogen-bond acceptors (Lipinski definition) is 2. The minimum absolute atomic E-state index is 0.528. The Morgan fingerprint density at radius 2 is 2.29 bits per heavy atom. The predicted molar refractivity (Wildman–Crippen MR) is 57.0 cm³/mol. The van der Waals surface area contributed by atoms with Gasteiger partial charge in [-0.15, -0.1) is 11.6 Å². The molecule has 0 radical (unpaired) electrons. The van der Waals surface area contributed by atoms with Gasteiger partial charge in [0, 0.05) is 18.3 Å². The van der Waals surface area contributed by atoms with Crippen LogP contribution in [0.2, 0.25) is 5.15 Å². The number of imidazole rings is 1. The number of hydrogen-bond donors (Lipinski definition) is 0. The van der Waals surface area contributed by atoms with Crippen molar-refractivity contribution in [3.63, 3.8) is 0 Å². The molecule has 0 fully saturated rings. The van der Waals surface area contributed by atoms with E-state index in [2.05, 4.69) is 10.1 Å². The van der Waals surface area contributed by atoms with Crippen LogP contribution in [-0.4, -0.2) is 20.5 Å². The van der Waals surface area contributed by atoms with Crippen molar-refractivity contribution in [2.24, 2.45) is 0 Å². The minimum atomic E-state index is 0.528. The third-order valence-corrected chi connectivity index (χ3v) is 2.58. The van der Waals surface area contributed by atoms with Gasteiger partial charge in [-0.1, -0.05) is 11.6 Å². The van der Waals surface area contributed by atoms with Gasteiger partial charge in [0.2, 0.25) is 0 Å². The number of alkyl halides is 1. The molecule has 0 N–H and O–H groups in total. The lowest BCUT2D eigenvalue weighted by atomic mass is 10.2. The van der Waals surface area contributed by atoms with Gasteiger partial charge in [0.15, 0.2) is 10.8 Å². The average molecular weight is 230 g/mol. The first-order valence-electron chi connectivity index (χ1n) is 4.36. The van der Waals surface area contributed by atoms with Gasteiger partial charge in [-0.05, 0) is 24.5 Å². The summed E-state index contributed by atoms with van der Waals surface area (Å²) in [6.45, 7) is 0. The van der Waals surface area contributed by atoms with Gasteiger partial charge in [0.05, 0.1) is 0 Å². The topological polar surface area (TPSA) is 30.2 Å². The largest absolute Gasteiger partial charge is 0.236 e. The van der Waals surface area contributed by atoms with Crippen molar-refractivity contribution < 1.29 is 0 Å². The molecular weight excluding hydrogens is 221 g/mol. The van der Waals surface area contributed by atoms with E-state index in [1.54, 1.807) is 16.9 Å². The molecule has 3 nitrogen and oxygen atoms in total. The molecular formula is C9H9Cl2N3. The van der Waals surface area contributed by atoms with Crippen molar-refractivity contribution in [3.8, 4) is 0 Å². The molecule has 0 aliphatic carbocycles. The van der Waals surface area contributed by atoms with E-state index in [0.29, 0.717) is 11.0 Å². The Kier molecular flexibility index (Phi) is 2.89. The Morgan fingerprint density at radius 3 is 3.07 bits per heavy atom. The average Bonchev–Trinajstić information content (AvgIpc) is 2.61. The summed E-state index contributed by atoms with van der Waals surface area (Å²) in [6.07, 6.45) is 5.22. The summed E-state index contributed by atoms with van der Waals surface area (Å²) < 4.78 is 1.66. The minimum Gasteiger partial charge on any atom is -0.236 e. The van der Waals surface area contributed by atoms with Gasteiger partial charge in [0.25, 0.3) is 0 Å².